The minimum atomic E-state index is 1.08. The molecule has 0 spiro atoms. The average molecular weight is 269 g/mol. The van der Waals surface area contributed by atoms with Crippen LogP contribution >= 0.6 is 22.6 Å². The van der Waals surface area contributed by atoms with Crippen molar-refractivity contribution in [3.63, 3.8) is 0 Å². The fourth-order valence-electron chi connectivity index (χ4n) is 1.23. The van der Waals surface area contributed by atoms with Crippen LogP contribution in [0.25, 0.3) is 10.9 Å². The van der Waals surface area contributed by atoms with Gasteiger partial charge in [0.05, 0.1) is 5.52 Å². The highest BCUT2D eigenvalue weighted by Gasteiger charge is 2.00. The summed E-state index contributed by atoms with van der Waals surface area (Å²) in [5.74, 6) is 0. The molecule has 0 unspecified atom stereocenters. The summed E-state index contributed by atoms with van der Waals surface area (Å²) in [5, 5.41) is 1.25. The van der Waals surface area contributed by atoms with E-state index in [-0.39, 0.29) is 0 Å². The molecule has 12 heavy (non-hydrogen) atoms. The topological polar surface area (TPSA) is 12.9 Å². The van der Waals surface area contributed by atoms with Crippen LogP contribution < -0.4 is 0 Å². The van der Waals surface area contributed by atoms with Gasteiger partial charge in [-0.15, -0.1) is 0 Å². The molecule has 0 atom stereocenters. The summed E-state index contributed by atoms with van der Waals surface area (Å²) in [4.78, 5) is 4.28. The smallest absolute Gasteiger partial charge is 0.0712 e. The van der Waals surface area contributed by atoms with Crippen LogP contribution in [0.15, 0.2) is 30.5 Å². The van der Waals surface area contributed by atoms with Crippen LogP contribution in [-0.4, -0.2) is 4.98 Å². The van der Waals surface area contributed by atoms with Crippen molar-refractivity contribution in [3.8, 4) is 0 Å². The molecule has 2 heteroatoms. The minimum absolute atomic E-state index is 1.08. The summed E-state index contributed by atoms with van der Waals surface area (Å²) < 4.78 is 1.30. The van der Waals surface area contributed by atoms with E-state index in [2.05, 4.69) is 52.7 Å². The summed E-state index contributed by atoms with van der Waals surface area (Å²) in [5.41, 5.74) is 2.39. The summed E-state index contributed by atoms with van der Waals surface area (Å²) in [6.45, 7) is 2.12. The molecule has 2 rings (SSSR count). The Hall–Kier alpha value is -0.640. The number of nitrogens with zero attached hydrogens (tertiary/aromatic N) is 1. The van der Waals surface area contributed by atoms with Crippen molar-refractivity contribution in [2.45, 2.75) is 6.92 Å². The molecule has 60 valence electrons. The lowest BCUT2D eigenvalue weighted by atomic mass is 10.1. The third-order valence-corrected chi connectivity index (χ3v) is 3.34. The maximum Gasteiger partial charge on any atom is 0.0712 e. The highest BCUT2D eigenvalue weighted by atomic mass is 127. The zero-order valence-corrected chi connectivity index (χ0v) is 8.87. The Bertz CT molecular complexity index is 423. The van der Waals surface area contributed by atoms with Crippen LogP contribution in [0.4, 0.5) is 0 Å². The van der Waals surface area contributed by atoms with Gasteiger partial charge in [0.25, 0.3) is 0 Å². The van der Waals surface area contributed by atoms with Crippen molar-refractivity contribution in [2.75, 3.05) is 0 Å². The largest absolute Gasteiger partial charge is 0.256 e. The highest BCUT2D eigenvalue weighted by molar-refractivity contribution is 14.1. The summed E-state index contributed by atoms with van der Waals surface area (Å²) in [7, 11) is 0. The Morgan fingerprint density at radius 1 is 1.25 bits per heavy atom. The van der Waals surface area contributed by atoms with Gasteiger partial charge in [-0.2, -0.15) is 0 Å². The van der Waals surface area contributed by atoms with E-state index in [0.717, 1.165) is 5.52 Å². The van der Waals surface area contributed by atoms with E-state index in [9.17, 15) is 0 Å². The van der Waals surface area contributed by atoms with E-state index in [1.165, 1.54) is 14.5 Å². The van der Waals surface area contributed by atoms with Crippen molar-refractivity contribution >= 4 is 33.5 Å². The maximum atomic E-state index is 4.28. The molecule has 0 aliphatic carbocycles. The lowest BCUT2D eigenvalue weighted by Gasteiger charge is -2.01. The van der Waals surface area contributed by atoms with Crippen molar-refractivity contribution in [3.05, 3.63) is 39.6 Å². The van der Waals surface area contributed by atoms with Gasteiger partial charge in [0.15, 0.2) is 0 Å². The first-order valence-electron chi connectivity index (χ1n) is 3.79. The first-order valence-corrected chi connectivity index (χ1v) is 4.87. The number of fused-ring (bicyclic) bond motifs is 1. The van der Waals surface area contributed by atoms with Gasteiger partial charge in [0, 0.05) is 15.2 Å². The molecule has 1 aromatic carbocycles. The predicted octanol–water partition coefficient (Wildman–Crippen LogP) is 3.15. The van der Waals surface area contributed by atoms with E-state index in [1.54, 1.807) is 0 Å². The molecule has 0 bridgehead atoms. The van der Waals surface area contributed by atoms with Gasteiger partial charge in [-0.25, -0.2) is 0 Å². The normalized spacial score (nSPS) is 10.5. The molecule has 0 aliphatic heterocycles. The molecule has 0 amide bonds. The number of hydrogen-bond acceptors (Lipinski definition) is 1. The van der Waals surface area contributed by atoms with E-state index < -0.39 is 0 Å². The fourth-order valence-corrected chi connectivity index (χ4v) is 1.86. The summed E-state index contributed by atoms with van der Waals surface area (Å²) >= 11 is 2.36. The van der Waals surface area contributed by atoms with Gasteiger partial charge in [0.2, 0.25) is 0 Å². The van der Waals surface area contributed by atoms with Gasteiger partial charge < -0.3 is 0 Å². The van der Waals surface area contributed by atoms with Gasteiger partial charge >= 0.3 is 0 Å². The van der Waals surface area contributed by atoms with Crippen molar-refractivity contribution in [1.82, 2.24) is 4.98 Å². The Kier molecular flexibility index (Phi) is 2.00. The number of aryl methyl sites for hydroxylation is 1. The number of hydrogen-bond donors (Lipinski definition) is 0. The van der Waals surface area contributed by atoms with Gasteiger partial charge in [-0.05, 0) is 47.2 Å². The zero-order valence-electron chi connectivity index (χ0n) is 6.71. The quantitative estimate of drug-likeness (QED) is 0.669. The number of rotatable bonds is 0. The molecule has 1 aromatic heterocycles. The van der Waals surface area contributed by atoms with E-state index in [1.807, 2.05) is 12.3 Å². The van der Waals surface area contributed by atoms with Crippen molar-refractivity contribution < 1.29 is 0 Å². The summed E-state index contributed by atoms with van der Waals surface area (Å²) in [6.07, 6.45) is 1.83. The zero-order chi connectivity index (χ0) is 8.55. The van der Waals surface area contributed by atoms with Crippen LogP contribution in [0.2, 0.25) is 0 Å². The molecular formula is C10H8IN. The first kappa shape index (κ1) is 7.98. The van der Waals surface area contributed by atoms with Crippen LogP contribution in [-0.2, 0) is 0 Å². The number of benzene rings is 1. The van der Waals surface area contributed by atoms with Gasteiger partial charge in [-0.1, -0.05) is 12.1 Å². The van der Waals surface area contributed by atoms with Gasteiger partial charge in [0.1, 0.15) is 0 Å². The van der Waals surface area contributed by atoms with Crippen LogP contribution in [0.3, 0.4) is 0 Å². The molecule has 0 radical (unpaired) electrons. The highest BCUT2D eigenvalue weighted by Crippen LogP contribution is 2.21. The van der Waals surface area contributed by atoms with E-state index in [0.29, 0.717) is 0 Å². The van der Waals surface area contributed by atoms with Crippen LogP contribution in [0.5, 0.6) is 0 Å². The molecule has 0 fully saturated rings. The number of pyridine rings is 1. The van der Waals surface area contributed by atoms with Crippen LogP contribution in [0, 0.1) is 10.5 Å². The van der Waals surface area contributed by atoms with Crippen molar-refractivity contribution in [2.24, 2.45) is 0 Å². The Morgan fingerprint density at radius 3 is 2.92 bits per heavy atom. The molecule has 1 nitrogen and oxygen atoms in total. The molecule has 0 aliphatic rings. The first-order chi connectivity index (χ1) is 5.79. The summed E-state index contributed by atoms with van der Waals surface area (Å²) in [6, 6.07) is 8.25. The molecule has 0 saturated carbocycles. The Labute approximate surface area is 85.0 Å². The SMILES string of the molecule is Cc1ccc2ncccc2c1I. The fraction of sp³-hybridized carbons (Fsp3) is 0.100. The second-order valence-corrected chi connectivity index (χ2v) is 3.85. The van der Waals surface area contributed by atoms with E-state index in [4.69, 9.17) is 0 Å². The molecular weight excluding hydrogens is 261 g/mol. The Balaban J connectivity index is 2.91. The lowest BCUT2D eigenvalue weighted by molar-refractivity contribution is 1.38. The monoisotopic (exact) mass is 269 g/mol. The van der Waals surface area contributed by atoms with E-state index >= 15 is 0 Å². The molecule has 0 N–H and O–H groups in total. The standard InChI is InChI=1S/C10H8IN/c1-7-4-5-9-8(10(7)11)3-2-6-12-9/h2-6H,1H3. The van der Waals surface area contributed by atoms with Crippen LogP contribution in [0.1, 0.15) is 5.56 Å². The van der Waals surface area contributed by atoms with Gasteiger partial charge in [-0.3, -0.25) is 4.98 Å². The molecule has 1 heterocycles. The third kappa shape index (κ3) is 1.20. The van der Waals surface area contributed by atoms with Crippen molar-refractivity contribution in [1.29, 1.82) is 0 Å². The second kappa shape index (κ2) is 3.01. The predicted molar refractivity (Wildman–Crippen MR) is 59.2 cm³/mol. The lowest BCUT2D eigenvalue weighted by Crippen LogP contribution is -1.84. The molecule has 0 saturated heterocycles. The second-order valence-electron chi connectivity index (χ2n) is 2.77. The minimum Gasteiger partial charge on any atom is -0.256 e. The third-order valence-electron chi connectivity index (χ3n) is 1.91. The number of aromatic nitrogens is 1. The molecule has 2 aromatic rings. The average Bonchev–Trinajstić information content (AvgIpc) is 2.12. The maximum absolute atomic E-state index is 4.28. The Morgan fingerprint density at radius 2 is 2.08 bits per heavy atom. The number of halogens is 1.